The summed E-state index contributed by atoms with van der Waals surface area (Å²) in [5.74, 6) is -1.97. The number of anilines is 2. The molecule has 4 aromatic carbocycles. The number of hydrogen-bond donors (Lipinski definition) is 3. The van der Waals surface area contributed by atoms with Crippen molar-refractivity contribution in [3.63, 3.8) is 0 Å². The van der Waals surface area contributed by atoms with Crippen molar-refractivity contribution in [3.8, 4) is 11.5 Å². The molecule has 0 fully saturated rings. The van der Waals surface area contributed by atoms with Crippen molar-refractivity contribution in [3.05, 3.63) is 107 Å². The van der Waals surface area contributed by atoms with E-state index in [1.165, 1.54) is 30.3 Å². The molecule has 5 rings (SSSR count). The SMILES string of the molecule is O=C1c2cccc(Nc3ccc(S(=O)(=O)c4ccccc4)cc3)c2C(=O)c2c(O)ccc(O)c21. The molecule has 3 N–H and O–H groups in total. The van der Waals surface area contributed by atoms with Gasteiger partial charge in [-0.05, 0) is 54.6 Å². The van der Waals surface area contributed by atoms with Gasteiger partial charge in [0.15, 0.2) is 11.6 Å². The van der Waals surface area contributed by atoms with Gasteiger partial charge in [-0.25, -0.2) is 8.42 Å². The largest absolute Gasteiger partial charge is 0.507 e. The van der Waals surface area contributed by atoms with Crippen molar-refractivity contribution < 1.29 is 28.2 Å². The van der Waals surface area contributed by atoms with Gasteiger partial charge in [0, 0.05) is 11.3 Å². The molecule has 8 heteroatoms. The van der Waals surface area contributed by atoms with Crippen LogP contribution in [-0.4, -0.2) is 30.2 Å². The van der Waals surface area contributed by atoms with Gasteiger partial charge in [0.25, 0.3) is 0 Å². The van der Waals surface area contributed by atoms with E-state index in [0.717, 1.165) is 12.1 Å². The van der Waals surface area contributed by atoms with Crippen LogP contribution in [0.25, 0.3) is 0 Å². The van der Waals surface area contributed by atoms with Gasteiger partial charge < -0.3 is 15.5 Å². The molecule has 0 saturated carbocycles. The van der Waals surface area contributed by atoms with E-state index in [-0.39, 0.29) is 37.8 Å². The third-order valence-electron chi connectivity index (χ3n) is 5.65. The fourth-order valence-electron chi connectivity index (χ4n) is 4.00. The molecule has 0 radical (unpaired) electrons. The number of sulfone groups is 1. The van der Waals surface area contributed by atoms with Crippen molar-refractivity contribution in [2.75, 3.05) is 5.32 Å². The maximum Gasteiger partial charge on any atom is 0.206 e. The Hall–Kier alpha value is -4.43. The summed E-state index contributed by atoms with van der Waals surface area (Å²) in [5.41, 5.74) is 0.462. The van der Waals surface area contributed by atoms with Crippen LogP contribution >= 0.6 is 0 Å². The molecule has 0 spiro atoms. The van der Waals surface area contributed by atoms with Gasteiger partial charge in [0.05, 0.1) is 32.2 Å². The van der Waals surface area contributed by atoms with Crippen LogP contribution in [0.15, 0.2) is 94.7 Å². The number of phenols is 2. The molecule has 0 bridgehead atoms. The lowest BCUT2D eigenvalue weighted by Gasteiger charge is -2.22. The minimum absolute atomic E-state index is 0.0573. The van der Waals surface area contributed by atoms with Gasteiger partial charge in [-0.2, -0.15) is 0 Å². The van der Waals surface area contributed by atoms with E-state index in [1.807, 2.05) is 0 Å². The molecule has 1 aliphatic carbocycles. The Balaban J connectivity index is 1.52. The highest BCUT2D eigenvalue weighted by Crippen LogP contribution is 2.40. The quantitative estimate of drug-likeness (QED) is 0.331. The number of benzene rings is 4. The standard InChI is InChI=1S/C26H17NO6S/c28-20-13-14-21(29)24-23(20)25(30)18-7-4-8-19(22(18)26(24)31)27-15-9-11-17(12-10-15)34(32,33)16-5-2-1-3-6-16/h1-14,27-29H. The van der Waals surface area contributed by atoms with E-state index >= 15 is 0 Å². The Morgan fingerprint density at radius 1 is 0.588 bits per heavy atom. The molecule has 0 amide bonds. The molecule has 7 nitrogen and oxygen atoms in total. The molecular formula is C26H17NO6S. The zero-order chi connectivity index (χ0) is 24.0. The van der Waals surface area contributed by atoms with Crippen LogP contribution in [0.2, 0.25) is 0 Å². The predicted molar refractivity (Wildman–Crippen MR) is 125 cm³/mol. The van der Waals surface area contributed by atoms with E-state index in [4.69, 9.17) is 0 Å². The first-order valence-corrected chi connectivity index (χ1v) is 11.7. The molecule has 4 aromatic rings. The Morgan fingerprint density at radius 3 is 1.82 bits per heavy atom. The van der Waals surface area contributed by atoms with Gasteiger partial charge in [-0.1, -0.05) is 30.3 Å². The molecule has 168 valence electrons. The second kappa shape index (κ2) is 7.86. The third-order valence-corrected chi connectivity index (χ3v) is 7.43. The number of aromatic hydroxyl groups is 2. The zero-order valence-electron chi connectivity index (χ0n) is 17.5. The Bertz CT molecular complexity index is 1580. The minimum atomic E-state index is -3.68. The Morgan fingerprint density at radius 2 is 1.18 bits per heavy atom. The lowest BCUT2D eigenvalue weighted by atomic mass is 9.82. The Kier molecular flexibility index (Phi) is 4.95. The van der Waals surface area contributed by atoms with Crippen LogP contribution in [0, 0.1) is 0 Å². The summed E-state index contributed by atoms with van der Waals surface area (Å²) in [6.07, 6.45) is 0. The third kappa shape index (κ3) is 3.32. The number of carbonyl (C=O) groups is 2. The first-order chi connectivity index (χ1) is 16.3. The number of nitrogens with one attached hydrogen (secondary N) is 1. The molecule has 1 aliphatic rings. The lowest BCUT2D eigenvalue weighted by molar-refractivity contribution is 0.0974. The smallest absolute Gasteiger partial charge is 0.206 e. The number of carbonyl (C=O) groups excluding carboxylic acids is 2. The zero-order valence-corrected chi connectivity index (χ0v) is 18.3. The minimum Gasteiger partial charge on any atom is -0.507 e. The second-order valence-corrected chi connectivity index (χ2v) is 9.66. The monoisotopic (exact) mass is 471 g/mol. The summed E-state index contributed by atoms with van der Waals surface area (Å²) >= 11 is 0. The number of ketones is 2. The van der Waals surface area contributed by atoms with Crippen LogP contribution in [0.3, 0.4) is 0 Å². The van der Waals surface area contributed by atoms with Crippen molar-refractivity contribution >= 4 is 32.8 Å². The van der Waals surface area contributed by atoms with E-state index in [9.17, 15) is 28.2 Å². The van der Waals surface area contributed by atoms with Crippen LogP contribution in [0.1, 0.15) is 31.8 Å². The molecule has 0 saturated heterocycles. The van der Waals surface area contributed by atoms with E-state index in [0.29, 0.717) is 11.4 Å². The van der Waals surface area contributed by atoms with Gasteiger partial charge in [0.2, 0.25) is 9.84 Å². The van der Waals surface area contributed by atoms with E-state index in [2.05, 4.69) is 5.32 Å². The number of phenolic OH excluding ortho intramolecular Hbond substituents is 2. The first-order valence-electron chi connectivity index (χ1n) is 10.2. The molecule has 0 aromatic heterocycles. The van der Waals surface area contributed by atoms with E-state index < -0.39 is 27.2 Å². The van der Waals surface area contributed by atoms with Crippen LogP contribution in [0.4, 0.5) is 11.4 Å². The van der Waals surface area contributed by atoms with E-state index in [1.54, 1.807) is 42.5 Å². The highest BCUT2D eigenvalue weighted by atomic mass is 32.2. The van der Waals surface area contributed by atoms with Gasteiger partial charge in [0.1, 0.15) is 11.5 Å². The predicted octanol–water partition coefficient (Wildman–Crippen LogP) is 4.45. The van der Waals surface area contributed by atoms with Crippen LogP contribution in [0.5, 0.6) is 11.5 Å². The van der Waals surface area contributed by atoms with Gasteiger partial charge >= 0.3 is 0 Å². The average molecular weight is 471 g/mol. The maximum atomic E-state index is 13.2. The molecule has 0 aliphatic heterocycles. The maximum absolute atomic E-state index is 13.2. The summed E-state index contributed by atoms with van der Waals surface area (Å²) in [6, 6.07) is 21.1. The second-order valence-electron chi connectivity index (χ2n) is 7.71. The average Bonchev–Trinajstić information content (AvgIpc) is 2.84. The highest BCUT2D eigenvalue weighted by Gasteiger charge is 2.36. The van der Waals surface area contributed by atoms with Crippen molar-refractivity contribution in [2.45, 2.75) is 9.79 Å². The fraction of sp³-hybridized carbons (Fsp3) is 0. The summed E-state index contributed by atoms with van der Waals surface area (Å²) < 4.78 is 25.6. The normalized spacial score (nSPS) is 12.7. The number of rotatable bonds is 4. The molecule has 0 heterocycles. The molecule has 0 atom stereocenters. The van der Waals surface area contributed by atoms with Crippen molar-refractivity contribution in [1.29, 1.82) is 0 Å². The summed E-state index contributed by atoms with van der Waals surface area (Å²) in [6.45, 7) is 0. The van der Waals surface area contributed by atoms with Gasteiger partial charge in [-0.15, -0.1) is 0 Å². The summed E-state index contributed by atoms with van der Waals surface area (Å²) in [5, 5.41) is 23.4. The lowest BCUT2D eigenvalue weighted by Crippen LogP contribution is -2.22. The van der Waals surface area contributed by atoms with Gasteiger partial charge in [-0.3, -0.25) is 9.59 Å². The molecule has 34 heavy (non-hydrogen) atoms. The Labute approximate surface area is 194 Å². The topological polar surface area (TPSA) is 121 Å². The molecular weight excluding hydrogens is 454 g/mol. The summed E-state index contributed by atoms with van der Waals surface area (Å²) in [4.78, 5) is 26.5. The highest BCUT2D eigenvalue weighted by molar-refractivity contribution is 7.91. The fourth-order valence-corrected chi connectivity index (χ4v) is 5.28. The summed E-state index contributed by atoms with van der Waals surface area (Å²) in [7, 11) is -3.68. The number of fused-ring (bicyclic) bond motifs is 2. The molecule has 0 unspecified atom stereocenters. The van der Waals surface area contributed by atoms with Crippen molar-refractivity contribution in [2.24, 2.45) is 0 Å². The number of hydrogen-bond acceptors (Lipinski definition) is 7. The first kappa shape index (κ1) is 21.4. The van der Waals surface area contributed by atoms with Crippen LogP contribution in [-0.2, 0) is 9.84 Å². The van der Waals surface area contributed by atoms with Crippen LogP contribution < -0.4 is 5.32 Å². The van der Waals surface area contributed by atoms with Crippen molar-refractivity contribution in [1.82, 2.24) is 0 Å².